The molecule has 0 saturated carbocycles. The molecule has 0 radical (unpaired) electrons. The van der Waals surface area contributed by atoms with Crippen molar-refractivity contribution in [2.75, 3.05) is 0 Å². The van der Waals surface area contributed by atoms with Crippen molar-refractivity contribution in [1.82, 2.24) is 14.9 Å². The van der Waals surface area contributed by atoms with Gasteiger partial charge in [-0.3, -0.25) is 4.68 Å². The maximum absolute atomic E-state index is 13.3. The zero-order valence-electron chi connectivity index (χ0n) is 12.6. The number of aliphatic hydroxyl groups excluding tert-OH is 1. The highest BCUT2D eigenvalue weighted by molar-refractivity contribution is 9.10. The van der Waals surface area contributed by atoms with Crippen LogP contribution < -0.4 is 0 Å². The SMILES string of the molecule is CCn1cc(C(O)c2c(-c3ccc(F)cc3Br)noc2C)cn1. The summed E-state index contributed by atoms with van der Waals surface area (Å²) in [5, 5.41) is 18.9. The summed E-state index contributed by atoms with van der Waals surface area (Å²) in [4.78, 5) is 0. The molecule has 0 aliphatic heterocycles. The van der Waals surface area contributed by atoms with E-state index in [1.807, 2.05) is 6.92 Å². The summed E-state index contributed by atoms with van der Waals surface area (Å²) in [6.45, 7) is 4.41. The van der Waals surface area contributed by atoms with E-state index in [4.69, 9.17) is 4.52 Å². The van der Waals surface area contributed by atoms with Crippen LogP contribution in [0.2, 0.25) is 0 Å². The quantitative estimate of drug-likeness (QED) is 0.747. The fraction of sp³-hybridized carbons (Fsp3) is 0.250. The lowest BCUT2D eigenvalue weighted by Gasteiger charge is -2.10. The molecule has 3 aromatic rings. The molecule has 3 rings (SSSR count). The third-order valence-corrected chi connectivity index (χ3v) is 4.32. The van der Waals surface area contributed by atoms with E-state index in [9.17, 15) is 9.50 Å². The second-order valence-electron chi connectivity index (χ2n) is 5.16. The van der Waals surface area contributed by atoms with Crippen LogP contribution in [0, 0.1) is 12.7 Å². The van der Waals surface area contributed by atoms with E-state index < -0.39 is 6.10 Å². The molecule has 0 aliphatic carbocycles. The first-order valence-electron chi connectivity index (χ1n) is 7.13. The lowest BCUT2D eigenvalue weighted by molar-refractivity contribution is 0.218. The fourth-order valence-corrected chi connectivity index (χ4v) is 2.98. The van der Waals surface area contributed by atoms with Crippen LogP contribution in [0.4, 0.5) is 4.39 Å². The number of rotatable bonds is 4. The molecule has 0 bridgehead atoms. The number of aliphatic hydroxyl groups is 1. The molecule has 5 nitrogen and oxygen atoms in total. The number of aromatic nitrogens is 3. The molecule has 0 fully saturated rings. The minimum absolute atomic E-state index is 0.354. The topological polar surface area (TPSA) is 64.1 Å². The van der Waals surface area contributed by atoms with Crippen molar-refractivity contribution in [2.45, 2.75) is 26.5 Å². The van der Waals surface area contributed by atoms with Crippen molar-refractivity contribution in [2.24, 2.45) is 0 Å². The van der Waals surface area contributed by atoms with E-state index in [2.05, 4.69) is 26.2 Å². The van der Waals surface area contributed by atoms with Crippen molar-refractivity contribution >= 4 is 15.9 Å². The molecule has 2 aromatic heterocycles. The van der Waals surface area contributed by atoms with E-state index in [0.29, 0.717) is 39.2 Å². The third kappa shape index (κ3) is 2.94. The number of benzene rings is 1. The zero-order chi connectivity index (χ0) is 16.6. The first-order valence-corrected chi connectivity index (χ1v) is 7.92. The summed E-state index contributed by atoms with van der Waals surface area (Å²) in [7, 11) is 0. The molecule has 1 unspecified atom stereocenters. The lowest BCUT2D eigenvalue weighted by atomic mass is 9.98. The van der Waals surface area contributed by atoms with Crippen molar-refractivity contribution in [3.8, 4) is 11.3 Å². The number of halogens is 2. The van der Waals surface area contributed by atoms with Crippen LogP contribution in [0.3, 0.4) is 0 Å². The van der Waals surface area contributed by atoms with E-state index in [0.717, 1.165) is 0 Å². The lowest BCUT2D eigenvalue weighted by Crippen LogP contribution is -2.02. The minimum Gasteiger partial charge on any atom is -0.383 e. The summed E-state index contributed by atoms with van der Waals surface area (Å²) < 4.78 is 20.8. The Labute approximate surface area is 140 Å². The van der Waals surface area contributed by atoms with E-state index in [1.165, 1.54) is 12.1 Å². The molecule has 0 amide bonds. The van der Waals surface area contributed by atoms with Gasteiger partial charge in [-0.25, -0.2) is 4.39 Å². The van der Waals surface area contributed by atoms with Crippen molar-refractivity contribution in [3.63, 3.8) is 0 Å². The largest absolute Gasteiger partial charge is 0.383 e. The van der Waals surface area contributed by atoms with Crippen molar-refractivity contribution in [3.05, 3.63) is 57.8 Å². The van der Waals surface area contributed by atoms with Crippen LogP contribution in [0.25, 0.3) is 11.3 Å². The second-order valence-corrected chi connectivity index (χ2v) is 6.01. The Balaban J connectivity index is 2.08. The summed E-state index contributed by atoms with van der Waals surface area (Å²) in [5.41, 5.74) is 2.33. The van der Waals surface area contributed by atoms with Gasteiger partial charge < -0.3 is 9.63 Å². The zero-order valence-corrected chi connectivity index (χ0v) is 14.2. The normalized spacial score (nSPS) is 12.6. The number of hydrogen-bond donors (Lipinski definition) is 1. The van der Waals surface area contributed by atoms with Gasteiger partial charge in [0.15, 0.2) is 0 Å². The smallest absolute Gasteiger partial charge is 0.140 e. The molecule has 0 saturated heterocycles. The van der Waals surface area contributed by atoms with Gasteiger partial charge in [0.2, 0.25) is 0 Å². The van der Waals surface area contributed by atoms with Crippen LogP contribution in [-0.2, 0) is 6.54 Å². The number of aryl methyl sites for hydroxylation is 2. The highest BCUT2D eigenvalue weighted by Gasteiger charge is 2.25. The van der Waals surface area contributed by atoms with Crippen molar-refractivity contribution < 1.29 is 14.0 Å². The van der Waals surface area contributed by atoms with Crippen molar-refractivity contribution in [1.29, 1.82) is 0 Å². The average Bonchev–Trinajstić information content (AvgIpc) is 3.13. The van der Waals surface area contributed by atoms with Gasteiger partial charge in [-0.2, -0.15) is 5.10 Å². The summed E-state index contributed by atoms with van der Waals surface area (Å²) in [6.07, 6.45) is 2.47. The Kier molecular flexibility index (Phi) is 4.32. The maximum atomic E-state index is 13.3. The first kappa shape index (κ1) is 15.9. The summed E-state index contributed by atoms with van der Waals surface area (Å²) >= 11 is 3.33. The van der Waals surface area contributed by atoms with Crippen LogP contribution in [0.1, 0.15) is 29.9 Å². The molecule has 0 spiro atoms. The van der Waals surface area contributed by atoms with Gasteiger partial charge in [0, 0.05) is 28.3 Å². The first-order chi connectivity index (χ1) is 11.0. The summed E-state index contributed by atoms with van der Waals surface area (Å²) in [6, 6.07) is 4.29. The fourth-order valence-electron chi connectivity index (χ4n) is 2.44. The highest BCUT2D eigenvalue weighted by Crippen LogP contribution is 2.37. The van der Waals surface area contributed by atoms with Gasteiger partial charge in [0.05, 0.1) is 11.8 Å². The summed E-state index contributed by atoms with van der Waals surface area (Å²) in [5.74, 6) is 0.153. The van der Waals surface area contributed by atoms with Gasteiger partial charge in [-0.05, 0) is 48.0 Å². The molecular weight excluding hydrogens is 365 g/mol. The molecule has 1 atom stereocenters. The molecule has 1 aromatic carbocycles. The molecule has 2 heterocycles. The molecule has 120 valence electrons. The Hall–Kier alpha value is -1.99. The molecule has 7 heteroatoms. The molecular formula is C16H15BrFN3O2. The number of hydrogen-bond acceptors (Lipinski definition) is 4. The molecule has 1 N–H and O–H groups in total. The second kappa shape index (κ2) is 6.25. The van der Waals surface area contributed by atoms with Crippen LogP contribution in [0.5, 0.6) is 0 Å². The monoisotopic (exact) mass is 379 g/mol. The van der Waals surface area contributed by atoms with Crippen LogP contribution in [-0.4, -0.2) is 20.0 Å². The Morgan fingerprint density at radius 2 is 2.22 bits per heavy atom. The molecule has 0 aliphatic rings. The van der Waals surface area contributed by atoms with E-state index in [1.54, 1.807) is 30.1 Å². The van der Waals surface area contributed by atoms with Gasteiger partial charge >= 0.3 is 0 Å². The Morgan fingerprint density at radius 1 is 1.43 bits per heavy atom. The predicted molar refractivity (Wildman–Crippen MR) is 86.3 cm³/mol. The standard InChI is InChI=1S/C16H15BrFN3O2/c1-3-21-8-10(7-19-21)16(22)14-9(2)23-20-15(14)12-5-4-11(18)6-13(12)17/h4-8,16,22H,3H2,1-2H3. The van der Waals surface area contributed by atoms with Crippen LogP contribution in [0.15, 0.2) is 39.6 Å². The van der Waals surface area contributed by atoms with Gasteiger partial charge in [-0.15, -0.1) is 0 Å². The molecule has 23 heavy (non-hydrogen) atoms. The Morgan fingerprint density at radius 3 is 2.87 bits per heavy atom. The average molecular weight is 380 g/mol. The maximum Gasteiger partial charge on any atom is 0.140 e. The predicted octanol–water partition coefficient (Wildman–Crippen LogP) is 3.85. The highest BCUT2D eigenvalue weighted by atomic mass is 79.9. The third-order valence-electron chi connectivity index (χ3n) is 3.66. The number of nitrogens with zero attached hydrogens (tertiary/aromatic N) is 3. The Bertz CT molecular complexity index is 844. The van der Waals surface area contributed by atoms with E-state index >= 15 is 0 Å². The van der Waals surface area contributed by atoms with Gasteiger partial charge in [0.25, 0.3) is 0 Å². The minimum atomic E-state index is -0.923. The van der Waals surface area contributed by atoms with Crippen LogP contribution >= 0.6 is 15.9 Å². The van der Waals surface area contributed by atoms with Gasteiger partial charge in [0.1, 0.15) is 23.4 Å². The van der Waals surface area contributed by atoms with E-state index in [-0.39, 0.29) is 5.82 Å². The van der Waals surface area contributed by atoms with Gasteiger partial charge in [-0.1, -0.05) is 5.16 Å².